The predicted octanol–water partition coefficient (Wildman–Crippen LogP) is -1.58. The molecule has 0 radical (unpaired) electrons. The molecule has 0 aliphatic carbocycles. The fraction of sp³-hybridized carbons (Fsp3) is 0.300. The molecule has 0 aromatic carbocycles. The molecular weight excluding hydrogens is 219 g/mol. The lowest BCUT2D eigenvalue weighted by atomic mass is 10.5. The average Bonchev–Trinajstić information content (AvgIpc) is 2.08. The fourth-order valence-corrected chi connectivity index (χ4v) is 0.705. The molecule has 0 atom stereocenters. The molecule has 0 aliphatic heterocycles. The Kier molecular flexibility index (Phi) is 20.3. The van der Waals surface area contributed by atoms with Crippen molar-refractivity contribution in [1.82, 2.24) is 5.32 Å². The van der Waals surface area contributed by atoms with Crippen LogP contribution in [0.4, 0.5) is 0 Å². The van der Waals surface area contributed by atoms with Crippen molar-refractivity contribution < 1.29 is 17.0 Å². The maximum absolute atomic E-state index is 3.64. The zero-order valence-electron chi connectivity index (χ0n) is 8.61. The Labute approximate surface area is 98.9 Å². The van der Waals surface area contributed by atoms with Crippen molar-refractivity contribution in [2.24, 2.45) is 0 Å². The smallest absolute Gasteiger partial charge is 0.169 e. The van der Waals surface area contributed by atoms with Crippen LogP contribution < -0.4 is 22.3 Å². The summed E-state index contributed by atoms with van der Waals surface area (Å²) in [4.78, 5) is 0. The van der Waals surface area contributed by atoms with Gasteiger partial charge in [-0.15, -0.1) is 12.4 Å². The van der Waals surface area contributed by atoms with Gasteiger partial charge in [-0.3, -0.25) is 0 Å². The highest BCUT2D eigenvalue weighted by atomic mass is 35.5. The van der Waals surface area contributed by atoms with E-state index in [1.807, 2.05) is 50.8 Å². The quantitative estimate of drug-likeness (QED) is 0.485. The van der Waals surface area contributed by atoms with E-state index in [2.05, 4.69) is 16.5 Å². The van der Waals surface area contributed by atoms with Crippen LogP contribution in [0.5, 0.6) is 0 Å². The molecule has 0 unspecified atom stereocenters. The third-order valence-electron chi connectivity index (χ3n) is 1.12. The average molecular weight is 237 g/mol. The van der Waals surface area contributed by atoms with Crippen LogP contribution in [0, 0.1) is 0 Å². The van der Waals surface area contributed by atoms with Gasteiger partial charge in [-0.1, -0.05) is 12.6 Å². The molecule has 14 heavy (non-hydrogen) atoms. The van der Waals surface area contributed by atoms with Gasteiger partial charge in [0.1, 0.15) is 0 Å². The summed E-state index contributed by atoms with van der Waals surface area (Å²) in [5.74, 6) is 0. The third-order valence-corrected chi connectivity index (χ3v) is 1.12. The summed E-state index contributed by atoms with van der Waals surface area (Å²) < 4.78 is 2.06. The molecule has 0 bridgehead atoms. The molecule has 1 heterocycles. The first-order chi connectivity index (χ1) is 5.85. The van der Waals surface area contributed by atoms with Crippen LogP contribution in [0.2, 0.25) is 0 Å². The maximum atomic E-state index is 3.64. The van der Waals surface area contributed by atoms with E-state index < -0.39 is 0 Å². The van der Waals surface area contributed by atoms with Crippen LogP contribution in [0.1, 0.15) is 0 Å². The van der Waals surface area contributed by atoms with Gasteiger partial charge in [0, 0.05) is 12.1 Å². The van der Waals surface area contributed by atoms with Crippen LogP contribution in [-0.2, 0) is 6.54 Å². The van der Waals surface area contributed by atoms with E-state index in [1.165, 1.54) is 0 Å². The van der Waals surface area contributed by atoms with Crippen LogP contribution in [0.3, 0.4) is 0 Å². The maximum Gasteiger partial charge on any atom is 0.169 e. The molecule has 1 N–H and O–H groups in total. The number of allylic oxidation sites excluding steroid dienone is 1. The van der Waals surface area contributed by atoms with Crippen LogP contribution in [0.25, 0.3) is 0 Å². The van der Waals surface area contributed by atoms with Crippen molar-refractivity contribution in [2.45, 2.75) is 6.54 Å². The number of hydrogen-bond acceptors (Lipinski definition) is 1. The summed E-state index contributed by atoms with van der Waals surface area (Å²) in [6.07, 6.45) is 5.91. The molecule has 0 fully saturated rings. The standard InChI is InChI=1S/C8H10N.C2H7N.2ClH/c1-2-6-9-7-4-3-5-8-9;1-3-2;;/h2-5,7-8H,1,6H2;3H,1-2H3;2*1H/q+1;;;/p-1. The summed E-state index contributed by atoms with van der Waals surface area (Å²) in [6.45, 7) is 4.52. The van der Waals surface area contributed by atoms with Gasteiger partial charge in [0.25, 0.3) is 0 Å². The second kappa shape index (κ2) is 14.9. The first-order valence-electron chi connectivity index (χ1n) is 3.98. The second-order valence-corrected chi connectivity index (χ2v) is 2.36. The number of hydrogen-bond donors (Lipinski definition) is 1. The molecule has 2 nitrogen and oxygen atoms in total. The molecule has 1 aromatic rings. The molecule has 82 valence electrons. The van der Waals surface area contributed by atoms with Gasteiger partial charge < -0.3 is 17.7 Å². The van der Waals surface area contributed by atoms with Gasteiger partial charge in [-0.25, -0.2) is 4.57 Å². The minimum atomic E-state index is 0. The van der Waals surface area contributed by atoms with Crippen molar-refractivity contribution in [3.05, 3.63) is 43.2 Å². The molecule has 0 saturated carbocycles. The van der Waals surface area contributed by atoms with Gasteiger partial charge in [-0.05, 0) is 20.2 Å². The van der Waals surface area contributed by atoms with Crippen LogP contribution >= 0.6 is 12.4 Å². The monoisotopic (exact) mass is 236 g/mol. The summed E-state index contributed by atoms with van der Waals surface area (Å²) >= 11 is 0. The highest BCUT2D eigenvalue weighted by Gasteiger charge is 1.88. The Balaban J connectivity index is -0.000000218. The first-order valence-corrected chi connectivity index (χ1v) is 3.98. The number of aromatic nitrogens is 1. The number of halogens is 2. The van der Waals surface area contributed by atoms with Crippen molar-refractivity contribution in [2.75, 3.05) is 14.1 Å². The van der Waals surface area contributed by atoms with E-state index in [0.29, 0.717) is 0 Å². The predicted molar refractivity (Wildman–Crippen MR) is 59.1 cm³/mol. The SMILES string of the molecule is C=CC[n+]1ccccc1.CNC.Cl.[Cl-]. The van der Waals surface area contributed by atoms with Gasteiger partial charge in [0.15, 0.2) is 18.9 Å². The largest absolute Gasteiger partial charge is 1.00 e. The van der Waals surface area contributed by atoms with E-state index in [-0.39, 0.29) is 24.8 Å². The lowest BCUT2D eigenvalue weighted by molar-refractivity contribution is -0.687. The molecular formula is C10H18Cl2N2. The molecule has 1 aromatic heterocycles. The van der Waals surface area contributed by atoms with Gasteiger partial charge in [0.05, 0.1) is 0 Å². The second-order valence-electron chi connectivity index (χ2n) is 2.36. The van der Waals surface area contributed by atoms with Gasteiger partial charge in [-0.2, -0.15) is 0 Å². The lowest BCUT2D eigenvalue weighted by Gasteiger charge is -1.86. The first kappa shape index (κ1) is 19.1. The van der Waals surface area contributed by atoms with Crippen molar-refractivity contribution in [3.63, 3.8) is 0 Å². The Hall–Kier alpha value is -0.570. The van der Waals surface area contributed by atoms with Gasteiger partial charge in [0.2, 0.25) is 0 Å². The Morgan fingerprint density at radius 2 is 1.64 bits per heavy atom. The highest BCUT2D eigenvalue weighted by molar-refractivity contribution is 5.85. The number of pyridine rings is 1. The molecule has 0 aliphatic rings. The Morgan fingerprint density at radius 3 is 2.00 bits per heavy atom. The number of nitrogens with one attached hydrogen (secondary N) is 1. The highest BCUT2D eigenvalue weighted by Crippen LogP contribution is 1.75. The Bertz CT molecular complexity index is 203. The van der Waals surface area contributed by atoms with Crippen molar-refractivity contribution in [1.29, 1.82) is 0 Å². The number of nitrogens with zero attached hydrogens (tertiary/aromatic N) is 1. The van der Waals surface area contributed by atoms with E-state index in [4.69, 9.17) is 0 Å². The lowest BCUT2D eigenvalue weighted by Crippen LogP contribution is -3.00. The fourth-order valence-electron chi connectivity index (χ4n) is 0.705. The van der Waals surface area contributed by atoms with E-state index in [0.717, 1.165) is 6.54 Å². The summed E-state index contributed by atoms with van der Waals surface area (Å²) in [5, 5.41) is 2.75. The zero-order valence-corrected chi connectivity index (χ0v) is 10.2. The summed E-state index contributed by atoms with van der Waals surface area (Å²) in [7, 11) is 3.75. The topological polar surface area (TPSA) is 15.9 Å². The van der Waals surface area contributed by atoms with E-state index in [9.17, 15) is 0 Å². The van der Waals surface area contributed by atoms with Crippen LogP contribution in [-0.4, -0.2) is 14.1 Å². The molecule has 0 amide bonds. The summed E-state index contributed by atoms with van der Waals surface area (Å²) in [6, 6.07) is 6.01. The minimum absolute atomic E-state index is 0. The Morgan fingerprint density at radius 1 is 1.21 bits per heavy atom. The van der Waals surface area contributed by atoms with Crippen molar-refractivity contribution >= 4 is 12.4 Å². The minimum Gasteiger partial charge on any atom is -1.00 e. The summed E-state index contributed by atoms with van der Waals surface area (Å²) in [5.41, 5.74) is 0. The van der Waals surface area contributed by atoms with Crippen LogP contribution in [0.15, 0.2) is 43.2 Å². The van der Waals surface area contributed by atoms with Gasteiger partial charge >= 0.3 is 0 Å². The normalized spacial score (nSPS) is 7.00. The van der Waals surface area contributed by atoms with E-state index >= 15 is 0 Å². The molecule has 0 saturated heterocycles. The van der Waals surface area contributed by atoms with Crippen molar-refractivity contribution in [3.8, 4) is 0 Å². The molecule has 0 spiro atoms. The third kappa shape index (κ3) is 11.4. The number of rotatable bonds is 2. The zero-order chi connectivity index (χ0) is 9.23. The molecule has 1 rings (SSSR count). The van der Waals surface area contributed by atoms with E-state index in [1.54, 1.807) is 0 Å². The molecule has 4 heteroatoms.